The Balaban J connectivity index is 3.38. The molecule has 0 saturated carbocycles. The van der Waals surface area contributed by atoms with Gasteiger partial charge in [-0.3, -0.25) is 0 Å². The highest BCUT2D eigenvalue weighted by Crippen LogP contribution is 1.62. The minimum absolute atomic E-state index is 0.264. The molecule has 0 spiro atoms. The molecule has 0 heterocycles. The SMILES string of the molecule is [O-][O+]=C(CO)CO. The van der Waals surface area contributed by atoms with Crippen LogP contribution in [0.15, 0.2) is 0 Å². The van der Waals surface area contributed by atoms with Gasteiger partial charge in [-0.15, -0.1) is 0 Å². The van der Waals surface area contributed by atoms with Crippen LogP contribution in [0.3, 0.4) is 0 Å². The highest BCUT2D eigenvalue weighted by atomic mass is 17.1. The second-order valence-electron chi connectivity index (χ2n) is 0.938. The Morgan fingerprint density at radius 3 is 1.86 bits per heavy atom. The summed E-state index contributed by atoms with van der Waals surface area (Å²) in [5.74, 6) is -0.264. The predicted molar refractivity (Wildman–Crippen MR) is 19.2 cm³/mol. The number of rotatable bonds is 2. The van der Waals surface area contributed by atoms with Gasteiger partial charge in [0.1, 0.15) is 0 Å². The summed E-state index contributed by atoms with van der Waals surface area (Å²) < 4.78 is 3.22. The number of hydrogen-bond donors (Lipinski definition) is 2. The fourth-order valence-corrected chi connectivity index (χ4v) is 0.103. The van der Waals surface area contributed by atoms with Crippen LogP contribution in [0.25, 0.3) is 0 Å². The molecule has 0 atom stereocenters. The Kier molecular flexibility index (Phi) is 3.26. The Morgan fingerprint density at radius 1 is 1.43 bits per heavy atom. The molecule has 0 aliphatic carbocycles. The molecular formula is C3H6O4. The van der Waals surface area contributed by atoms with Gasteiger partial charge in [-0.25, -0.2) is 0 Å². The monoisotopic (exact) mass is 106 g/mol. The van der Waals surface area contributed by atoms with Crippen molar-refractivity contribution < 1.29 is 20.0 Å². The molecule has 0 unspecified atom stereocenters. The molecule has 0 aromatic carbocycles. The van der Waals surface area contributed by atoms with Crippen LogP contribution >= 0.6 is 0 Å². The topological polar surface area (TPSA) is 74.8 Å². The molecule has 4 heteroatoms. The fraction of sp³-hybridized carbons (Fsp3) is 0.667. The van der Waals surface area contributed by atoms with Crippen LogP contribution in [0.5, 0.6) is 0 Å². The third-order valence-electron chi connectivity index (χ3n) is 0.471. The maximum atomic E-state index is 9.24. The number of aliphatic hydroxyl groups is 2. The smallest absolute Gasteiger partial charge is 0.379 e. The first-order valence-corrected chi connectivity index (χ1v) is 1.71. The summed E-state index contributed by atoms with van der Waals surface area (Å²) in [4.78, 5) is 0. The lowest BCUT2D eigenvalue weighted by Gasteiger charge is -1.80. The summed E-state index contributed by atoms with van der Waals surface area (Å²) in [5.41, 5.74) is 0. The van der Waals surface area contributed by atoms with Crippen LogP contribution in [0.4, 0.5) is 0 Å². The zero-order valence-electron chi connectivity index (χ0n) is 3.63. The first kappa shape index (κ1) is 6.39. The summed E-state index contributed by atoms with van der Waals surface area (Å²) >= 11 is 0. The van der Waals surface area contributed by atoms with E-state index in [-0.39, 0.29) is 5.78 Å². The first-order valence-electron chi connectivity index (χ1n) is 1.71. The Bertz CT molecular complexity index is 61.3. The maximum Gasteiger partial charge on any atom is 0.379 e. The number of carbonyl (C=O) groups excluding carboxylic acids is 1. The molecule has 0 aliphatic rings. The van der Waals surface area contributed by atoms with Crippen LogP contribution in [-0.4, -0.2) is 29.2 Å². The van der Waals surface area contributed by atoms with Gasteiger partial charge in [0.2, 0.25) is 0 Å². The lowest BCUT2D eigenvalue weighted by molar-refractivity contribution is -1.05. The normalized spacial score (nSPS) is 8.29. The molecule has 0 bridgehead atoms. The third-order valence-corrected chi connectivity index (χ3v) is 0.471. The molecule has 0 saturated heterocycles. The van der Waals surface area contributed by atoms with Gasteiger partial charge in [0, 0.05) is 0 Å². The molecule has 0 aromatic heterocycles. The number of aliphatic hydroxyl groups excluding tert-OH is 2. The van der Waals surface area contributed by atoms with E-state index in [0.717, 1.165) is 0 Å². The quantitative estimate of drug-likeness (QED) is 0.229. The van der Waals surface area contributed by atoms with E-state index in [2.05, 4.69) is 4.58 Å². The van der Waals surface area contributed by atoms with Crippen LogP contribution in [0.1, 0.15) is 0 Å². The third kappa shape index (κ3) is 2.13. The van der Waals surface area contributed by atoms with Crippen LogP contribution in [0, 0.1) is 0 Å². The van der Waals surface area contributed by atoms with Gasteiger partial charge in [0.05, 0.1) is 0 Å². The standard InChI is InChI=1S/C3H6O4/c4-1-3(2-5)7-6/h4-5H,1-2H2. The molecule has 0 radical (unpaired) electrons. The highest BCUT2D eigenvalue weighted by Gasteiger charge is 2.03. The summed E-state index contributed by atoms with van der Waals surface area (Å²) in [6.07, 6.45) is 0. The van der Waals surface area contributed by atoms with Gasteiger partial charge < -0.3 is 15.5 Å². The van der Waals surface area contributed by atoms with Crippen molar-refractivity contribution in [1.82, 2.24) is 0 Å². The van der Waals surface area contributed by atoms with Crippen LogP contribution in [0.2, 0.25) is 0 Å². The predicted octanol–water partition coefficient (Wildman–Crippen LogP) is -2.65. The summed E-state index contributed by atoms with van der Waals surface area (Å²) in [6, 6.07) is 0. The van der Waals surface area contributed by atoms with E-state index in [1.54, 1.807) is 0 Å². The molecule has 0 amide bonds. The van der Waals surface area contributed by atoms with Gasteiger partial charge in [-0.05, 0) is 0 Å². The van der Waals surface area contributed by atoms with E-state index < -0.39 is 13.2 Å². The Hall–Kier alpha value is -0.610. The van der Waals surface area contributed by atoms with Gasteiger partial charge in [0.15, 0.2) is 13.2 Å². The van der Waals surface area contributed by atoms with Crippen molar-refractivity contribution in [3.8, 4) is 0 Å². The molecule has 4 nitrogen and oxygen atoms in total. The second kappa shape index (κ2) is 3.58. The van der Waals surface area contributed by atoms with Gasteiger partial charge >= 0.3 is 5.78 Å². The van der Waals surface area contributed by atoms with E-state index >= 15 is 0 Å². The molecule has 0 aliphatic heterocycles. The van der Waals surface area contributed by atoms with Gasteiger partial charge in [-0.2, -0.15) is 4.58 Å². The second-order valence-corrected chi connectivity index (χ2v) is 0.938. The summed E-state index contributed by atoms with van der Waals surface area (Å²) in [5, 5.41) is 25.2. The van der Waals surface area contributed by atoms with Crippen molar-refractivity contribution in [3.63, 3.8) is 0 Å². The molecule has 0 fully saturated rings. The van der Waals surface area contributed by atoms with Crippen LogP contribution < -0.4 is 5.26 Å². The van der Waals surface area contributed by atoms with E-state index in [4.69, 9.17) is 10.2 Å². The van der Waals surface area contributed by atoms with E-state index in [0.29, 0.717) is 0 Å². The average Bonchev–Trinajstić information content (AvgIpc) is 1.72. The zero-order chi connectivity index (χ0) is 5.70. The molecule has 0 aromatic rings. The van der Waals surface area contributed by atoms with Crippen molar-refractivity contribution in [1.29, 1.82) is 0 Å². The van der Waals surface area contributed by atoms with Crippen LogP contribution in [-0.2, 0) is 4.58 Å². The summed E-state index contributed by atoms with van der Waals surface area (Å²) in [7, 11) is 0. The zero-order valence-corrected chi connectivity index (χ0v) is 3.63. The van der Waals surface area contributed by atoms with E-state index in [9.17, 15) is 5.26 Å². The Labute approximate surface area is 40.3 Å². The average molecular weight is 106 g/mol. The molecular weight excluding hydrogens is 100 g/mol. The molecule has 0 rings (SSSR count). The van der Waals surface area contributed by atoms with E-state index in [1.807, 2.05) is 0 Å². The number of hydrogen-bond acceptors (Lipinski definition) is 3. The van der Waals surface area contributed by atoms with Crippen molar-refractivity contribution in [3.05, 3.63) is 0 Å². The van der Waals surface area contributed by atoms with Crippen molar-refractivity contribution in [2.45, 2.75) is 0 Å². The molecule has 7 heavy (non-hydrogen) atoms. The highest BCUT2D eigenvalue weighted by molar-refractivity contribution is 5.80. The van der Waals surface area contributed by atoms with Crippen molar-refractivity contribution in [2.24, 2.45) is 0 Å². The minimum Gasteiger partial charge on any atom is -0.463 e. The lowest BCUT2D eigenvalue weighted by atomic mass is 10.5. The van der Waals surface area contributed by atoms with Crippen molar-refractivity contribution >= 4 is 5.78 Å². The molecule has 2 N–H and O–H groups in total. The summed E-state index contributed by atoms with van der Waals surface area (Å²) in [6.45, 7) is -1.03. The van der Waals surface area contributed by atoms with Gasteiger partial charge in [-0.1, -0.05) is 0 Å². The fourth-order valence-electron chi connectivity index (χ4n) is 0.103. The van der Waals surface area contributed by atoms with Gasteiger partial charge in [0.25, 0.3) is 0 Å². The maximum absolute atomic E-state index is 9.24. The number of ketones is 1. The molecule has 42 valence electrons. The minimum atomic E-state index is -0.514. The lowest BCUT2D eigenvalue weighted by Crippen LogP contribution is -2.17. The Morgan fingerprint density at radius 2 is 1.86 bits per heavy atom. The first-order chi connectivity index (χ1) is 3.35. The largest absolute Gasteiger partial charge is 0.463 e. The van der Waals surface area contributed by atoms with Crippen molar-refractivity contribution in [2.75, 3.05) is 13.2 Å². The van der Waals surface area contributed by atoms with E-state index in [1.165, 1.54) is 0 Å².